The molecule has 0 bridgehead atoms. The lowest BCUT2D eigenvalue weighted by Crippen LogP contribution is -2.27. The highest BCUT2D eigenvalue weighted by atomic mass is 32.2. The normalized spacial score (nSPS) is 14.5. The van der Waals surface area contributed by atoms with Gasteiger partial charge in [0.1, 0.15) is 11.6 Å². The Hall–Kier alpha value is -3.91. The highest BCUT2D eigenvalue weighted by molar-refractivity contribution is 8.18. The maximum atomic E-state index is 13.1. The summed E-state index contributed by atoms with van der Waals surface area (Å²) in [7, 11) is 0. The van der Waals surface area contributed by atoms with Gasteiger partial charge in [-0.1, -0.05) is 42.0 Å². The quantitative estimate of drug-likeness (QED) is 0.463. The average Bonchev–Trinajstić information content (AvgIpc) is 3.09. The zero-order valence-electron chi connectivity index (χ0n) is 18.3. The third kappa shape index (κ3) is 5.90. The number of carbonyl (C=O) groups is 3. The fourth-order valence-corrected chi connectivity index (χ4v) is 4.04. The smallest absolute Gasteiger partial charge is 0.293 e. The van der Waals surface area contributed by atoms with Crippen molar-refractivity contribution in [3.63, 3.8) is 0 Å². The van der Waals surface area contributed by atoms with E-state index in [-0.39, 0.29) is 30.1 Å². The van der Waals surface area contributed by atoms with Gasteiger partial charge in [0.25, 0.3) is 17.1 Å². The monoisotopic (exact) mass is 476 g/mol. The topological polar surface area (TPSA) is 75.7 Å². The van der Waals surface area contributed by atoms with Gasteiger partial charge < -0.3 is 10.1 Å². The lowest BCUT2D eigenvalue weighted by atomic mass is 10.2. The SMILES string of the molecule is Cc1ccc(NC(=O)COc2ccc(/C=C3/SC(=O)N(Cc4ccc(F)cc4)C3=O)cc2)cc1. The molecular formula is C26H21FN2O4S. The first kappa shape index (κ1) is 23.3. The number of nitrogens with one attached hydrogen (secondary N) is 1. The zero-order chi connectivity index (χ0) is 24.1. The fraction of sp³-hybridized carbons (Fsp3) is 0.115. The number of carbonyl (C=O) groups excluding carboxylic acids is 3. The van der Waals surface area contributed by atoms with Crippen molar-refractivity contribution in [1.29, 1.82) is 0 Å². The second kappa shape index (κ2) is 10.4. The highest BCUT2D eigenvalue weighted by Gasteiger charge is 2.34. The van der Waals surface area contributed by atoms with Crippen molar-refractivity contribution in [2.24, 2.45) is 0 Å². The third-order valence-corrected chi connectivity index (χ3v) is 5.92. The van der Waals surface area contributed by atoms with Crippen molar-refractivity contribution in [2.45, 2.75) is 13.5 Å². The number of amides is 3. The van der Waals surface area contributed by atoms with Gasteiger partial charge in [0.15, 0.2) is 6.61 Å². The minimum Gasteiger partial charge on any atom is -0.484 e. The zero-order valence-corrected chi connectivity index (χ0v) is 19.1. The van der Waals surface area contributed by atoms with Crippen LogP contribution in [0.5, 0.6) is 5.75 Å². The molecule has 1 N–H and O–H groups in total. The molecule has 4 rings (SSSR count). The van der Waals surface area contributed by atoms with Crippen LogP contribution in [0.4, 0.5) is 14.9 Å². The predicted octanol–water partition coefficient (Wildman–Crippen LogP) is 5.39. The van der Waals surface area contributed by atoms with E-state index in [4.69, 9.17) is 4.74 Å². The van der Waals surface area contributed by atoms with E-state index in [1.165, 1.54) is 12.1 Å². The Bertz CT molecular complexity index is 1240. The number of imide groups is 1. The molecule has 1 aliphatic rings. The van der Waals surface area contributed by atoms with Gasteiger partial charge in [0, 0.05) is 5.69 Å². The molecule has 172 valence electrons. The Labute approximate surface area is 200 Å². The molecule has 0 unspecified atom stereocenters. The number of aryl methyl sites for hydroxylation is 1. The largest absolute Gasteiger partial charge is 0.484 e. The number of ether oxygens (including phenoxy) is 1. The van der Waals surface area contributed by atoms with E-state index in [2.05, 4.69) is 5.32 Å². The Balaban J connectivity index is 1.33. The molecule has 0 radical (unpaired) electrons. The fourth-order valence-electron chi connectivity index (χ4n) is 3.20. The first-order valence-electron chi connectivity index (χ1n) is 10.5. The van der Waals surface area contributed by atoms with Gasteiger partial charge in [0.05, 0.1) is 11.4 Å². The van der Waals surface area contributed by atoms with Crippen LogP contribution in [0.1, 0.15) is 16.7 Å². The maximum Gasteiger partial charge on any atom is 0.293 e. The third-order valence-electron chi connectivity index (χ3n) is 5.01. The molecule has 0 atom stereocenters. The molecule has 0 saturated carbocycles. The van der Waals surface area contributed by atoms with Crippen molar-refractivity contribution >= 4 is 40.6 Å². The predicted molar refractivity (Wildman–Crippen MR) is 130 cm³/mol. The van der Waals surface area contributed by atoms with Crippen molar-refractivity contribution in [1.82, 2.24) is 4.90 Å². The van der Waals surface area contributed by atoms with Crippen molar-refractivity contribution < 1.29 is 23.5 Å². The standard InChI is InChI=1S/C26H21FN2O4S/c1-17-2-10-21(11-3-17)28-24(30)16-33-22-12-6-18(7-13-22)14-23-25(31)29(26(32)34-23)15-19-4-8-20(27)9-5-19/h2-14H,15-16H2,1H3,(H,28,30)/b23-14+. The summed E-state index contributed by atoms with van der Waals surface area (Å²) in [5, 5.41) is 2.39. The van der Waals surface area contributed by atoms with E-state index in [1.54, 1.807) is 42.5 Å². The molecule has 0 aliphatic carbocycles. The molecule has 1 aliphatic heterocycles. The summed E-state index contributed by atoms with van der Waals surface area (Å²) in [6.45, 7) is 1.91. The van der Waals surface area contributed by atoms with Gasteiger partial charge in [-0.25, -0.2) is 4.39 Å². The van der Waals surface area contributed by atoms with E-state index in [0.29, 0.717) is 27.5 Å². The first-order valence-corrected chi connectivity index (χ1v) is 11.3. The minimum atomic E-state index is -0.396. The van der Waals surface area contributed by atoms with Gasteiger partial charge in [-0.3, -0.25) is 19.3 Å². The molecule has 3 aromatic carbocycles. The van der Waals surface area contributed by atoms with Gasteiger partial charge >= 0.3 is 0 Å². The Morgan fingerprint density at radius 1 is 1.00 bits per heavy atom. The number of benzene rings is 3. The number of halogens is 1. The second-order valence-corrected chi connectivity index (χ2v) is 8.66. The molecule has 34 heavy (non-hydrogen) atoms. The number of anilines is 1. The molecule has 1 heterocycles. The van der Waals surface area contributed by atoms with E-state index >= 15 is 0 Å². The van der Waals surface area contributed by atoms with Gasteiger partial charge in [-0.2, -0.15) is 0 Å². The van der Waals surface area contributed by atoms with Crippen LogP contribution < -0.4 is 10.1 Å². The number of rotatable bonds is 7. The van der Waals surface area contributed by atoms with Crippen LogP contribution in [-0.2, 0) is 16.1 Å². The number of hydrogen-bond acceptors (Lipinski definition) is 5. The molecule has 3 amide bonds. The molecule has 6 nitrogen and oxygen atoms in total. The van der Waals surface area contributed by atoms with E-state index in [9.17, 15) is 18.8 Å². The molecular weight excluding hydrogens is 455 g/mol. The molecule has 1 fully saturated rings. The van der Waals surface area contributed by atoms with Gasteiger partial charge in [-0.15, -0.1) is 0 Å². The highest BCUT2D eigenvalue weighted by Crippen LogP contribution is 2.33. The van der Waals surface area contributed by atoms with Gasteiger partial charge in [0.2, 0.25) is 0 Å². The van der Waals surface area contributed by atoms with E-state index in [1.807, 2.05) is 31.2 Å². The Kier molecular flexibility index (Phi) is 7.08. The van der Waals surface area contributed by atoms with Gasteiger partial charge in [-0.05, 0) is 72.3 Å². The minimum absolute atomic E-state index is 0.0831. The molecule has 3 aromatic rings. The lowest BCUT2D eigenvalue weighted by molar-refractivity contribution is -0.123. The summed E-state index contributed by atoms with van der Waals surface area (Å²) in [6, 6.07) is 20.0. The van der Waals surface area contributed by atoms with Crippen LogP contribution in [0, 0.1) is 12.7 Å². The Morgan fingerprint density at radius 3 is 2.35 bits per heavy atom. The first-order chi connectivity index (χ1) is 16.4. The van der Waals surface area contributed by atoms with E-state index in [0.717, 1.165) is 22.2 Å². The van der Waals surface area contributed by atoms with Crippen molar-refractivity contribution in [3.8, 4) is 5.75 Å². The lowest BCUT2D eigenvalue weighted by Gasteiger charge is -2.12. The summed E-state index contributed by atoms with van der Waals surface area (Å²) in [4.78, 5) is 38.5. The maximum absolute atomic E-state index is 13.1. The van der Waals surface area contributed by atoms with Crippen LogP contribution >= 0.6 is 11.8 Å². The molecule has 8 heteroatoms. The molecule has 0 aromatic heterocycles. The van der Waals surface area contributed by atoms with Crippen LogP contribution in [0.15, 0.2) is 77.7 Å². The van der Waals surface area contributed by atoms with Crippen LogP contribution in [0.2, 0.25) is 0 Å². The van der Waals surface area contributed by atoms with Crippen LogP contribution in [0.3, 0.4) is 0 Å². The summed E-state index contributed by atoms with van der Waals surface area (Å²) in [5.74, 6) is -0.548. The molecule has 0 spiro atoms. The number of nitrogens with zero attached hydrogens (tertiary/aromatic N) is 1. The number of thioether (sulfide) groups is 1. The summed E-state index contributed by atoms with van der Waals surface area (Å²) < 4.78 is 18.6. The van der Waals surface area contributed by atoms with E-state index < -0.39 is 5.91 Å². The summed E-state index contributed by atoms with van der Waals surface area (Å²) in [5.41, 5.74) is 3.18. The van der Waals surface area contributed by atoms with Crippen molar-refractivity contribution in [2.75, 3.05) is 11.9 Å². The average molecular weight is 477 g/mol. The number of hydrogen-bond donors (Lipinski definition) is 1. The Morgan fingerprint density at radius 2 is 1.68 bits per heavy atom. The summed E-state index contributed by atoms with van der Waals surface area (Å²) in [6.07, 6.45) is 1.63. The summed E-state index contributed by atoms with van der Waals surface area (Å²) >= 11 is 0.859. The van der Waals surface area contributed by atoms with Crippen LogP contribution in [-0.4, -0.2) is 28.6 Å². The van der Waals surface area contributed by atoms with Crippen LogP contribution in [0.25, 0.3) is 6.08 Å². The second-order valence-electron chi connectivity index (χ2n) is 7.67. The van der Waals surface area contributed by atoms with Crippen molar-refractivity contribution in [3.05, 3.63) is 100 Å². The molecule has 1 saturated heterocycles.